The van der Waals surface area contributed by atoms with E-state index >= 15 is 0 Å². The van der Waals surface area contributed by atoms with Gasteiger partial charge >= 0.3 is 11.6 Å². The van der Waals surface area contributed by atoms with E-state index in [0.717, 1.165) is 0 Å². The van der Waals surface area contributed by atoms with Crippen LogP contribution >= 0.6 is 23.2 Å². The van der Waals surface area contributed by atoms with Gasteiger partial charge in [0.15, 0.2) is 0 Å². The number of carbonyl (C=O) groups excluding carboxylic acids is 1. The average molecular weight is 393 g/mol. The van der Waals surface area contributed by atoms with Crippen LogP contribution in [0.1, 0.15) is 16.7 Å². The van der Waals surface area contributed by atoms with Crippen LogP contribution in [0.3, 0.4) is 0 Å². The molecule has 1 aromatic heterocycles. The average Bonchev–Trinajstić information content (AvgIpc) is 2.60. The number of esters is 1. The second-order valence-electron chi connectivity index (χ2n) is 5.71. The minimum atomic E-state index is -0.591. The first-order valence-electron chi connectivity index (χ1n) is 7.70. The number of aromatic hydroxyl groups is 1. The predicted molar refractivity (Wildman–Crippen MR) is 98.8 cm³/mol. The second kappa shape index (κ2) is 7.40. The Morgan fingerprint density at radius 2 is 1.88 bits per heavy atom. The lowest BCUT2D eigenvalue weighted by atomic mass is 10.1. The minimum absolute atomic E-state index is 0.0168. The molecular weight excluding hydrogens is 379 g/mol. The summed E-state index contributed by atoms with van der Waals surface area (Å²) in [7, 11) is 0. The number of rotatable bonds is 4. The molecule has 2 aromatic carbocycles. The van der Waals surface area contributed by atoms with Gasteiger partial charge in [0.25, 0.3) is 0 Å². The maximum atomic E-state index is 12.2. The highest BCUT2D eigenvalue weighted by Gasteiger charge is 2.15. The first-order valence-corrected chi connectivity index (χ1v) is 8.46. The fraction of sp³-hybridized carbons (Fsp3) is 0.158. The summed E-state index contributed by atoms with van der Waals surface area (Å²) in [5.74, 6) is -0.514. The lowest BCUT2D eigenvalue weighted by molar-refractivity contribution is -0.144. The SMILES string of the molecule is Cc1c(O)ccc2c(COC(=O)Cc3c(Cl)cccc3Cl)cc(=O)oc12. The number of aryl methyl sites for hydroxylation is 1. The van der Waals surface area contributed by atoms with E-state index in [2.05, 4.69) is 0 Å². The van der Waals surface area contributed by atoms with Crippen molar-refractivity contribution in [2.75, 3.05) is 0 Å². The Bertz CT molecular complexity index is 1040. The van der Waals surface area contributed by atoms with Gasteiger partial charge in [-0.3, -0.25) is 4.79 Å². The van der Waals surface area contributed by atoms with E-state index in [1.165, 1.54) is 12.1 Å². The van der Waals surface area contributed by atoms with Crippen LogP contribution in [-0.4, -0.2) is 11.1 Å². The number of hydrogen-bond acceptors (Lipinski definition) is 5. The van der Waals surface area contributed by atoms with Gasteiger partial charge in [-0.15, -0.1) is 0 Å². The van der Waals surface area contributed by atoms with Gasteiger partial charge in [0.1, 0.15) is 17.9 Å². The van der Waals surface area contributed by atoms with E-state index in [1.807, 2.05) is 0 Å². The summed E-state index contributed by atoms with van der Waals surface area (Å²) >= 11 is 12.1. The zero-order chi connectivity index (χ0) is 18.8. The number of ether oxygens (including phenoxy) is 1. The number of hydrogen-bond donors (Lipinski definition) is 1. The van der Waals surface area contributed by atoms with Gasteiger partial charge in [0.2, 0.25) is 0 Å². The molecule has 26 heavy (non-hydrogen) atoms. The fourth-order valence-corrected chi connectivity index (χ4v) is 3.12. The highest BCUT2D eigenvalue weighted by atomic mass is 35.5. The standard InChI is InChI=1S/C19H14Cl2O5/c1-10-16(22)6-5-12-11(7-18(24)26-19(10)12)9-25-17(23)8-13-14(20)3-2-4-15(13)21/h2-7,22H,8-9H2,1H3. The molecule has 5 nitrogen and oxygen atoms in total. The van der Waals surface area contributed by atoms with E-state index < -0.39 is 11.6 Å². The number of fused-ring (bicyclic) bond motifs is 1. The molecule has 0 amide bonds. The lowest BCUT2D eigenvalue weighted by Gasteiger charge is -2.10. The van der Waals surface area contributed by atoms with Crippen molar-refractivity contribution in [3.63, 3.8) is 0 Å². The summed E-state index contributed by atoms with van der Waals surface area (Å²) in [6.45, 7) is 1.52. The summed E-state index contributed by atoms with van der Waals surface area (Å²) in [6, 6.07) is 9.32. The molecule has 0 unspecified atom stereocenters. The molecule has 0 aliphatic rings. The van der Waals surface area contributed by atoms with Crippen LogP contribution in [0, 0.1) is 6.92 Å². The predicted octanol–water partition coefficient (Wildman–Crippen LogP) is 4.40. The highest BCUT2D eigenvalue weighted by Crippen LogP contribution is 2.28. The third-order valence-electron chi connectivity index (χ3n) is 3.99. The van der Waals surface area contributed by atoms with Crippen molar-refractivity contribution < 1.29 is 19.1 Å². The Hall–Kier alpha value is -2.50. The van der Waals surface area contributed by atoms with Crippen molar-refractivity contribution in [1.29, 1.82) is 0 Å². The van der Waals surface area contributed by atoms with Crippen LogP contribution in [0.4, 0.5) is 0 Å². The number of phenols is 1. The summed E-state index contributed by atoms with van der Waals surface area (Å²) in [5, 5.41) is 11.1. The van der Waals surface area contributed by atoms with Crippen molar-refractivity contribution in [2.45, 2.75) is 20.0 Å². The Morgan fingerprint density at radius 1 is 1.19 bits per heavy atom. The first-order chi connectivity index (χ1) is 12.4. The van der Waals surface area contributed by atoms with Crippen molar-refractivity contribution in [3.05, 3.63) is 73.6 Å². The van der Waals surface area contributed by atoms with Crippen molar-refractivity contribution in [1.82, 2.24) is 0 Å². The van der Waals surface area contributed by atoms with Crippen molar-refractivity contribution in [3.8, 4) is 5.75 Å². The Morgan fingerprint density at radius 3 is 2.58 bits per heavy atom. The second-order valence-corrected chi connectivity index (χ2v) is 6.53. The number of benzene rings is 2. The summed E-state index contributed by atoms with van der Waals surface area (Å²) in [5.41, 5.74) is 1.08. The Balaban J connectivity index is 1.83. The van der Waals surface area contributed by atoms with Crippen LogP contribution in [0.15, 0.2) is 45.6 Å². The molecule has 1 N–H and O–H groups in total. The Labute approximate surface area is 158 Å². The highest BCUT2D eigenvalue weighted by molar-refractivity contribution is 6.36. The quantitative estimate of drug-likeness (QED) is 0.525. The van der Waals surface area contributed by atoms with Gasteiger partial charge in [-0.2, -0.15) is 0 Å². The van der Waals surface area contributed by atoms with Gasteiger partial charge in [-0.05, 0) is 31.2 Å². The lowest BCUT2D eigenvalue weighted by Crippen LogP contribution is -2.10. The van der Waals surface area contributed by atoms with Gasteiger partial charge in [-0.1, -0.05) is 29.3 Å². The number of phenolic OH excluding ortho intramolecular Hbond substituents is 1. The van der Waals surface area contributed by atoms with Crippen LogP contribution < -0.4 is 5.63 Å². The minimum Gasteiger partial charge on any atom is -0.508 e. The molecule has 3 rings (SSSR count). The van der Waals surface area contributed by atoms with E-state index in [9.17, 15) is 14.7 Å². The Kier molecular flexibility index (Phi) is 5.20. The van der Waals surface area contributed by atoms with Gasteiger partial charge in [-0.25, -0.2) is 4.79 Å². The van der Waals surface area contributed by atoms with Gasteiger partial charge < -0.3 is 14.3 Å². The molecule has 0 aliphatic heterocycles. The van der Waals surface area contributed by atoms with Gasteiger partial charge in [0.05, 0.1) is 6.42 Å². The van der Waals surface area contributed by atoms with Crippen LogP contribution in [0.2, 0.25) is 10.0 Å². The molecule has 0 saturated carbocycles. The zero-order valence-electron chi connectivity index (χ0n) is 13.7. The molecule has 0 radical (unpaired) electrons. The third-order valence-corrected chi connectivity index (χ3v) is 4.70. The molecule has 0 bridgehead atoms. The molecule has 0 fully saturated rings. The van der Waals surface area contributed by atoms with E-state index in [4.69, 9.17) is 32.4 Å². The smallest absolute Gasteiger partial charge is 0.336 e. The number of carbonyl (C=O) groups is 1. The van der Waals surface area contributed by atoms with Crippen molar-refractivity contribution in [2.24, 2.45) is 0 Å². The topological polar surface area (TPSA) is 76.7 Å². The van der Waals surface area contributed by atoms with Crippen molar-refractivity contribution >= 4 is 40.1 Å². The molecular formula is C19H14Cl2O5. The monoisotopic (exact) mass is 392 g/mol. The summed E-state index contributed by atoms with van der Waals surface area (Å²) in [6.07, 6.45) is -0.0856. The maximum Gasteiger partial charge on any atom is 0.336 e. The van der Waals surface area contributed by atoms with Crippen LogP contribution in [0.5, 0.6) is 5.75 Å². The molecule has 1 heterocycles. The maximum absolute atomic E-state index is 12.2. The van der Waals surface area contributed by atoms with Crippen LogP contribution in [-0.2, 0) is 22.6 Å². The molecule has 3 aromatic rings. The normalized spacial score (nSPS) is 10.9. The van der Waals surface area contributed by atoms with E-state index in [0.29, 0.717) is 32.1 Å². The van der Waals surface area contributed by atoms with E-state index in [1.54, 1.807) is 31.2 Å². The van der Waals surface area contributed by atoms with Crippen LogP contribution in [0.25, 0.3) is 11.0 Å². The molecule has 0 atom stereocenters. The largest absolute Gasteiger partial charge is 0.508 e. The molecule has 0 saturated heterocycles. The fourth-order valence-electron chi connectivity index (χ4n) is 2.59. The molecule has 0 spiro atoms. The molecule has 7 heteroatoms. The molecule has 0 aliphatic carbocycles. The third kappa shape index (κ3) is 3.69. The summed E-state index contributed by atoms with van der Waals surface area (Å²) < 4.78 is 10.4. The molecule has 134 valence electrons. The van der Waals surface area contributed by atoms with Gasteiger partial charge in [0, 0.05) is 38.2 Å². The number of halogens is 2. The first kappa shape index (κ1) is 18.3. The summed E-state index contributed by atoms with van der Waals surface area (Å²) in [4.78, 5) is 23.9. The van der Waals surface area contributed by atoms with E-state index in [-0.39, 0.29) is 24.4 Å². The zero-order valence-corrected chi connectivity index (χ0v) is 15.2.